The van der Waals surface area contributed by atoms with Crippen LogP contribution >= 0.6 is 11.6 Å². The topological polar surface area (TPSA) is 48.4 Å². The average Bonchev–Trinajstić information content (AvgIpc) is 2.54. The van der Waals surface area contributed by atoms with Crippen LogP contribution in [0.3, 0.4) is 0 Å². The number of ether oxygens (including phenoxy) is 2. The van der Waals surface area contributed by atoms with E-state index in [9.17, 15) is 18.0 Å². The second-order valence-corrected chi connectivity index (χ2v) is 5.31. The zero-order valence-electron chi connectivity index (χ0n) is 12.7. The average molecular weight is 360 g/mol. The van der Waals surface area contributed by atoms with Crippen molar-refractivity contribution >= 4 is 17.6 Å². The maximum absolute atomic E-state index is 12.7. The number of hydrogen-bond donors (Lipinski definition) is 0. The minimum atomic E-state index is -4.54. The number of alkyl halides is 3. The molecule has 2 rings (SSSR count). The number of carbonyl (C=O) groups excluding carboxylic acids is 1. The molecule has 0 aliphatic rings. The summed E-state index contributed by atoms with van der Waals surface area (Å²) < 4.78 is 47.8. The maximum atomic E-state index is 12.7. The summed E-state index contributed by atoms with van der Waals surface area (Å²) in [7, 11) is 1.19. The van der Waals surface area contributed by atoms with Gasteiger partial charge in [0.1, 0.15) is 0 Å². The number of halogens is 4. The lowest BCUT2D eigenvalue weighted by Gasteiger charge is -2.19. The Hall–Kier alpha value is -2.28. The normalized spacial score (nSPS) is 12.6. The van der Waals surface area contributed by atoms with Gasteiger partial charge in [-0.15, -0.1) is 0 Å². The number of nitrogens with zero attached hydrogens (tertiary/aromatic N) is 1. The molecular weight excluding hydrogens is 347 g/mol. The van der Waals surface area contributed by atoms with Crippen LogP contribution in [0.1, 0.15) is 17.3 Å². The van der Waals surface area contributed by atoms with Crippen molar-refractivity contribution in [1.29, 1.82) is 0 Å². The van der Waals surface area contributed by atoms with Crippen LogP contribution in [-0.4, -0.2) is 30.3 Å². The number of carbonyl (C=O) groups is 1. The second kappa shape index (κ2) is 7.09. The zero-order valence-corrected chi connectivity index (χ0v) is 13.5. The Balaban J connectivity index is 2.49. The Labute approximate surface area is 141 Å². The van der Waals surface area contributed by atoms with E-state index >= 15 is 0 Å². The lowest BCUT2D eigenvalue weighted by atomic mass is 10.1. The van der Waals surface area contributed by atoms with Crippen molar-refractivity contribution < 1.29 is 27.4 Å². The Morgan fingerprint density at radius 2 is 1.88 bits per heavy atom. The van der Waals surface area contributed by atoms with Crippen molar-refractivity contribution in [2.75, 3.05) is 7.11 Å². The Bertz CT molecular complexity index is 732. The molecule has 0 saturated carbocycles. The van der Waals surface area contributed by atoms with E-state index in [1.54, 1.807) is 24.3 Å². The molecule has 1 aromatic carbocycles. The van der Waals surface area contributed by atoms with Crippen LogP contribution in [0.5, 0.6) is 5.88 Å². The predicted molar refractivity (Wildman–Crippen MR) is 82.2 cm³/mol. The van der Waals surface area contributed by atoms with Gasteiger partial charge in [-0.25, -0.2) is 9.78 Å². The van der Waals surface area contributed by atoms with Gasteiger partial charge >= 0.3 is 12.1 Å². The first-order valence-electron chi connectivity index (χ1n) is 6.80. The van der Waals surface area contributed by atoms with E-state index in [2.05, 4.69) is 9.72 Å². The van der Waals surface area contributed by atoms with E-state index < -0.39 is 18.2 Å². The van der Waals surface area contributed by atoms with Gasteiger partial charge in [-0.1, -0.05) is 23.7 Å². The third-order valence-corrected chi connectivity index (χ3v) is 3.43. The van der Waals surface area contributed by atoms with E-state index in [1.807, 2.05) is 0 Å². The second-order valence-electron chi connectivity index (χ2n) is 4.88. The highest BCUT2D eigenvalue weighted by molar-refractivity contribution is 6.30. The molecule has 0 radical (unpaired) electrons. The van der Waals surface area contributed by atoms with Crippen LogP contribution in [0.15, 0.2) is 36.5 Å². The highest BCUT2D eigenvalue weighted by Crippen LogP contribution is 2.33. The molecule has 8 heteroatoms. The number of aromatic nitrogens is 1. The van der Waals surface area contributed by atoms with Crippen molar-refractivity contribution in [2.24, 2.45) is 0 Å². The van der Waals surface area contributed by atoms with Gasteiger partial charge in [-0.3, -0.25) is 0 Å². The molecule has 0 saturated heterocycles. The van der Waals surface area contributed by atoms with E-state index in [0.717, 1.165) is 13.1 Å². The molecule has 0 N–H and O–H groups in total. The fourth-order valence-electron chi connectivity index (χ4n) is 1.85. The molecule has 128 valence electrons. The number of methoxy groups -OCH3 is 1. The van der Waals surface area contributed by atoms with Crippen molar-refractivity contribution in [3.8, 4) is 17.0 Å². The summed E-state index contributed by atoms with van der Waals surface area (Å²) in [5.74, 6) is -0.900. The van der Waals surface area contributed by atoms with Gasteiger partial charge < -0.3 is 9.47 Å². The van der Waals surface area contributed by atoms with Crippen LogP contribution in [0.25, 0.3) is 11.1 Å². The molecule has 1 heterocycles. The van der Waals surface area contributed by atoms with Crippen LogP contribution in [0.2, 0.25) is 5.02 Å². The van der Waals surface area contributed by atoms with E-state index in [4.69, 9.17) is 16.3 Å². The minimum absolute atomic E-state index is 0.0921. The lowest BCUT2D eigenvalue weighted by molar-refractivity contribution is -0.189. The molecule has 1 atom stereocenters. The summed E-state index contributed by atoms with van der Waals surface area (Å²) >= 11 is 5.82. The highest BCUT2D eigenvalue weighted by Gasteiger charge is 2.38. The quantitative estimate of drug-likeness (QED) is 0.753. The van der Waals surface area contributed by atoms with Crippen molar-refractivity contribution in [2.45, 2.75) is 19.2 Å². The van der Waals surface area contributed by atoms with Gasteiger partial charge in [0.2, 0.25) is 5.88 Å². The standard InChI is InChI=1S/C16H13ClF3NO3/c1-9(16(18,19)20)24-14-13(10-3-5-12(17)6-4-10)7-11(8-21-14)15(22)23-2/h3-9H,1-2H3/t9-/m0/s1. The van der Waals surface area contributed by atoms with Gasteiger partial charge in [0.15, 0.2) is 6.10 Å². The zero-order chi connectivity index (χ0) is 17.9. The first-order valence-corrected chi connectivity index (χ1v) is 7.18. The SMILES string of the molecule is COC(=O)c1cnc(O[C@@H](C)C(F)(F)F)c(-c2ccc(Cl)cc2)c1. The predicted octanol–water partition coefficient (Wildman–Crippen LogP) is 4.52. The first-order chi connectivity index (χ1) is 11.2. The third kappa shape index (κ3) is 4.17. The van der Waals surface area contributed by atoms with E-state index in [1.165, 1.54) is 13.2 Å². The molecule has 1 aromatic heterocycles. The lowest BCUT2D eigenvalue weighted by Crippen LogP contribution is -2.31. The van der Waals surface area contributed by atoms with E-state index in [-0.39, 0.29) is 17.0 Å². The minimum Gasteiger partial charge on any atom is -0.465 e. The number of hydrogen-bond acceptors (Lipinski definition) is 4. The smallest absolute Gasteiger partial charge is 0.425 e. The summed E-state index contributed by atoms with van der Waals surface area (Å²) in [6.45, 7) is 0.877. The van der Waals surface area contributed by atoms with Crippen LogP contribution in [-0.2, 0) is 4.74 Å². The Kier molecular flexibility index (Phi) is 5.33. The van der Waals surface area contributed by atoms with Crippen molar-refractivity contribution in [3.63, 3.8) is 0 Å². The molecule has 4 nitrogen and oxygen atoms in total. The largest absolute Gasteiger partial charge is 0.465 e. The van der Waals surface area contributed by atoms with Crippen molar-refractivity contribution in [1.82, 2.24) is 4.98 Å². The van der Waals surface area contributed by atoms with Crippen LogP contribution in [0, 0.1) is 0 Å². The number of benzene rings is 1. The monoisotopic (exact) mass is 359 g/mol. The van der Waals surface area contributed by atoms with Gasteiger partial charge in [0.25, 0.3) is 0 Å². The molecule has 24 heavy (non-hydrogen) atoms. The summed E-state index contributed by atoms with van der Waals surface area (Å²) in [5, 5.41) is 0.460. The fourth-order valence-corrected chi connectivity index (χ4v) is 1.97. The first kappa shape index (κ1) is 18.1. The molecule has 0 unspecified atom stereocenters. The van der Waals surface area contributed by atoms with E-state index in [0.29, 0.717) is 10.6 Å². The highest BCUT2D eigenvalue weighted by atomic mass is 35.5. The summed E-state index contributed by atoms with van der Waals surface area (Å²) in [5.41, 5.74) is 0.821. The van der Waals surface area contributed by atoms with Gasteiger partial charge in [-0.2, -0.15) is 13.2 Å². The molecule has 0 spiro atoms. The van der Waals surface area contributed by atoms with Crippen molar-refractivity contribution in [3.05, 3.63) is 47.1 Å². The van der Waals surface area contributed by atoms with Crippen LogP contribution < -0.4 is 4.74 Å². The molecule has 0 fully saturated rings. The fraction of sp³-hybridized carbons (Fsp3) is 0.250. The Morgan fingerprint density at radius 1 is 1.25 bits per heavy atom. The molecule has 0 amide bonds. The number of pyridine rings is 1. The van der Waals surface area contributed by atoms with Crippen LogP contribution in [0.4, 0.5) is 13.2 Å². The molecular formula is C16H13ClF3NO3. The maximum Gasteiger partial charge on any atom is 0.425 e. The number of esters is 1. The van der Waals surface area contributed by atoms with Gasteiger partial charge in [0.05, 0.1) is 12.7 Å². The third-order valence-electron chi connectivity index (χ3n) is 3.18. The summed E-state index contributed by atoms with van der Waals surface area (Å²) in [4.78, 5) is 15.5. The summed E-state index contributed by atoms with van der Waals surface area (Å²) in [6.07, 6.45) is -5.50. The van der Waals surface area contributed by atoms with Gasteiger partial charge in [0, 0.05) is 16.8 Å². The molecule has 2 aromatic rings. The molecule has 0 aliphatic carbocycles. The molecule has 0 aliphatic heterocycles. The molecule has 0 bridgehead atoms. The Morgan fingerprint density at radius 3 is 2.42 bits per heavy atom. The number of rotatable bonds is 4. The summed E-state index contributed by atoms with van der Waals surface area (Å²) in [6, 6.07) is 7.68. The van der Waals surface area contributed by atoms with Gasteiger partial charge in [-0.05, 0) is 30.7 Å².